The van der Waals surface area contributed by atoms with E-state index in [9.17, 15) is 0 Å². The molecule has 55 heavy (non-hydrogen) atoms. The molecule has 1 aliphatic carbocycles. The van der Waals surface area contributed by atoms with E-state index in [-0.39, 0.29) is 32.7 Å². The fourth-order valence-electron chi connectivity index (χ4n) is 5.64. The van der Waals surface area contributed by atoms with E-state index in [0.29, 0.717) is 44.3 Å². The zero-order chi connectivity index (χ0) is 45.0. The molecule has 1 fully saturated rings. The van der Waals surface area contributed by atoms with E-state index >= 15 is 0 Å². The maximum atomic E-state index is 2.40. The van der Waals surface area contributed by atoms with Gasteiger partial charge in [-0.1, -0.05) is 218 Å². The molecule has 1 aromatic carbocycles. The third-order valence-electron chi connectivity index (χ3n) is 13.6. The summed E-state index contributed by atoms with van der Waals surface area (Å²) >= 11 is 0. The normalized spacial score (nSPS) is 16.0. The van der Waals surface area contributed by atoms with E-state index in [4.69, 9.17) is 0 Å². The summed E-state index contributed by atoms with van der Waals surface area (Å²) in [5.41, 5.74) is 5.13. The van der Waals surface area contributed by atoms with Gasteiger partial charge in [-0.3, -0.25) is 0 Å². The van der Waals surface area contributed by atoms with Crippen LogP contribution in [0.3, 0.4) is 0 Å². The van der Waals surface area contributed by atoms with Crippen molar-refractivity contribution in [2.75, 3.05) is 0 Å². The first-order valence-electron chi connectivity index (χ1n) is 22.6. The van der Waals surface area contributed by atoms with Crippen molar-refractivity contribution in [3.05, 3.63) is 47.2 Å². The van der Waals surface area contributed by atoms with Crippen LogP contribution in [0, 0.1) is 68.0 Å². The Morgan fingerprint density at radius 2 is 0.618 bits per heavy atom. The summed E-state index contributed by atoms with van der Waals surface area (Å²) in [6.07, 6.45) is 2.97. The Kier molecular flexibility index (Phi) is 36.0. The van der Waals surface area contributed by atoms with Gasteiger partial charge in [0.05, 0.1) is 0 Å². The molecule has 1 aromatic rings. The van der Waals surface area contributed by atoms with Crippen LogP contribution in [0.15, 0.2) is 24.3 Å². The van der Waals surface area contributed by atoms with E-state index < -0.39 is 0 Å². The molecule has 0 amide bonds. The van der Waals surface area contributed by atoms with Crippen molar-refractivity contribution in [2.24, 2.45) is 56.2 Å². The maximum absolute atomic E-state index is 2.40. The van der Waals surface area contributed by atoms with E-state index in [2.05, 4.69) is 218 Å². The Hall–Kier alpha value is 0.324. The van der Waals surface area contributed by atoms with Crippen molar-refractivity contribution in [3.8, 4) is 0 Å². The smallest absolute Gasteiger partial charge is 0 e. The molecule has 0 aromatic heterocycles. The van der Waals surface area contributed by atoms with Crippen LogP contribution >= 0.6 is 0 Å². The maximum Gasteiger partial charge on any atom is 0 e. The largest absolute Gasteiger partial charge is 0.314 e. The molecule has 1 radical (unpaired) electrons. The van der Waals surface area contributed by atoms with Gasteiger partial charge in [0.1, 0.15) is 0 Å². The first-order chi connectivity index (χ1) is 23.9. The van der Waals surface area contributed by atoms with Crippen molar-refractivity contribution in [2.45, 2.75) is 246 Å². The van der Waals surface area contributed by atoms with Gasteiger partial charge in [0.2, 0.25) is 0 Å². The molecule has 2 unspecified atom stereocenters. The van der Waals surface area contributed by atoms with Gasteiger partial charge in [-0.2, -0.15) is 38.5 Å². The minimum absolute atomic E-state index is 0. The summed E-state index contributed by atoms with van der Waals surface area (Å²) in [7, 11) is 0. The summed E-state index contributed by atoms with van der Waals surface area (Å²) < 4.78 is 0. The first-order valence-corrected chi connectivity index (χ1v) is 22.6. The molecular formula is C54H110Y-2. The molecule has 1 heteroatoms. The van der Waals surface area contributed by atoms with Crippen molar-refractivity contribution in [1.82, 2.24) is 0 Å². The van der Waals surface area contributed by atoms with Gasteiger partial charge < -0.3 is 11.8 Å². The van der Waals surface area contributed by atoms with Crippen molar-refractivity contribution >= 4 is 0 Å². The van der Waals surface area contributed by atoms with E-state index in [0.717, 1.165) is 23.7 Å². The van der Waals surface area contributed by atoms with Crippen LogP contribution < -0.4 is 0 Å². The molecule has 1 saturated carbocycles. The van der Waals surface area contributed by atoms with Crippen molar-refractivity contribution in [1.29, 1.82) is 0 Å². The topological polar surface area (TPSA) is 0 Å². The molecule has 0 nitrogen and oxygen atoms in total. The zero-order valence-electron chi connectivity index (χ0n) is 44.8. The quantitative estimate of drug-likeness (QED) is 0.259. The number of hydrogen-bond donors (Lipinski definition) is 0. The van der Waals surface area contributed by atoms with Crippen molar-refractivity contribution in [3.63, 3.8) is 0 Å². The average molecular weight is 848 g/mol. The Bertz CT molecular complexity index is 920. The van der Waals surface area contributed by atoms with Crippen molar-refractivity contribution < 1.29 is 32.7 Å². The second-order valence-corrected chi connectivity index (χ2v) is 22.6. The van der Waals surface area contributed by atoms with Gasteiger partial charge in [0, 0.05) is 32.7 Å². The van der Waals surface area contributed by atoms with Crippen LogP contribution in [0.1, 0.15) is 257 Å². The van der Waals surface area contributed by atoms with Gasteiger partial charge in [0.15, 0.2) is 0 Å². The SMILES string of the molecule is CC.CC.CC(C)(C)C(C)(C)C(C)(C)C(C)(C)C.CC(C)C1CCC1C(C)C.CC(C)c1ccccc1C(C)C.C[C-](C)C(C)(C)C.C[C-](C)C(C)(C)C.[Y]. The summed E-state index contributed by atoms with van der Waals surface area (Å²) in [6.45, 7) is 72.2. The van der Waals surface area contributed by atoms with Crippen LogP contribution in [0.5, 0.6) is 0 Å². The van der Waals surface area contributed by atoms with Gasteiger partial charge in [-0.25, -0.2) is 0 Å². The van der Waals surface area contributed by atoms with Gasteiger partial charge in [0.25, 0.3) is 0 Å². The Morgan fingerprint density at radius 3 is 0.709 bits per heavy atom. The predicted molar refractivity (Wildman–Crippen MR) is 258 cm³/mol. The van der Waals surface area contributed by atoms with Gasteiger partial charge in [-0.05, 0) is 81.1 Å². The molecular weight excluding hydrogens is 738 g/mol. The van der Waals surface area contributed by atoms with E-state index in [1.54, 1.807) is 0 Å². The molecule has 331 valence electrons. The number of rotatable bonds is 5. The molecule has 2 atom stereocenters. The first kappa shape index (κ1) is 67.1. The van der Waals surface area contributed by atoms with E-state index in [1.165, 1.54) is 35.8 Å². The third kappa shape index (κ3) is 26.2. The minimum Gasteiger partial charge on any atom is -0.314 e. The molecule has 0 aliphatic heterocycles. The van der Waals surface area contributed by atoms with Gasteiger partial charge in [-0.15, -0.1) is 0 Å². The zero-order valence-corrected chi connectivity index (χ0v) is 47.6. The average Bonchev–Trinajstić information content (AvgIpc) is 2.97. The molecule has 0 heterocycles. The fraction of sp³-hybridized carbons (Fsp3) is 0.852. The summed E-state index contributed by atoms with van der Waals surface area (Å²) in [5.74, 6) is 8.19. The number of hydrogen-bond acceptors (Lipinski definition) is 0. The predicted octanol–water partition coefficient (Wildman–Crippen LogP) is 19.7. The Balaban J connectivity index is -0.000000135. The van der Waals surface area contributed by atoms with Crippen LogP contribution in [0.4, 0.5) is 0 Å². The summed E-state index contributed by atoms with van der Waals surface area (Å²) in [6, 6.07) is 8.72. The standard InChI is InChI=1S/C14H30.C12H18.C10H20.2C7H15.2C2H6.Y/c1-11(2,3)13(7,8)14(9,10)12(4,5)6;1-9(2)11-7-5-6-8-12(11)10(3)4;1-7(2)9-5-6-10(9)8(3)4;2*1-6(2)7(3,4)5;2*1-2;/h1-10H3;5-10H,1-4H3;7-10H,5-6H2,1-4H3;2*1-5H3;2*1-2H3;/q;;;2*-1;;;. The third-order valence-corrected chi connectivity index (χ3v) is 13.6. The molecule has 1 aliphatic rings. The second-order valence-electron chi connectivity index (χ2n) is 22.6. The summed E-state index contributed by atoms with van der Waals surface area (Å²) in [5, 5.41) is 0. The van der Waals surface area contributed by atoms with E-state index in [1.807, 2.05) is 27.7 Å². The molecule has 0 saturated heterocycles. The van der Waals surface area contributed by atoms with Crippen LogP contribution in [0.2, 0.25) is 0 Å². The van der Waals surface area contributed by atoms with Crippen LogP contribution in [-0.4, -0.2) is 0 Å². The van der Waals surface area contributed by atoms with Gasteiger partial charge >= 0.3 is 0 Å². The Labute approximate surface area is 379 Å². The van der Waals surface area contributed by atoms with Crippen LogP contribution in [-0.2, 0) is 32.7 Å². The monoisotopic (exact) mass is 848 g/mol. The van der Waals surface area contributed by atoms with Crippen LogP contribution in [0.25, 0.3) is 0 Å². The Morgan fingerprint density at radius 1 is 0.436 bits per heavy atom. The summed E-state index contributed by atoms with van der Waals surface area (Å²) in [4.78, 5) is 0. The minimum atomic E-state index is 0. The molecule has 0 spiro atoms. The molecule has 2 rings (SSSR count). The number of benzene rings is 1. The molecule has 0 N–H and O–H groups in total. The second kappa shape index (κ2) is 29.5. The fourth-order valence-corrected chi connectivity index (χ4v) is 5.64. The molecule has 0 bridgehead atoms.